The number of ether oxygens (including phenoxy) is 1. The summed E-state index contributed by atoms with van der Waals surface area (Å²) < 4.78 is 5.40. The van der Waals surface area contributed by atoms with Crippen molar-refractivity contribution in [3.63, 3.8) is 0 Å². The van der Waals surface area contributed by atoms with Gasteiger partial charge in [0.2, 0.25) is 0 Å². The summed E-state index contributed by atoms with van der Waals surface area (Å²) in [5, 5.41) is 3.64. The average molecular weight is 247 g/mol. The van der Waals surface area contributed by atoms with Crippen LogP contribution < -0.4 is 5.32 Å². The maximum absolute atomic E-state index is 5.40. The van der Waals surface area contributed by atoms with E-state index < -0.39 is 0 Å². The van der Waals surface area contributed by atoms with Gasteiger partial charge < -0.3 is 10.1 Å². The molecule has 100 valence electrons. The molecule has 1 fully saturated rings. The fourth-order valence-corrected chi connectivity index (χ4v) is 2.64. The van der Waals surface area contributed by atoms with Gasteiger partial charge in [-0.2, -0.15) is 0 Å². The van der Waals surface area contributed by atoms with Gasteiger partial charge in [-0.15, -0.1) is 0 Å². The normalized spacial score (nSPS) is 24.2. The lowest BCUT2D eigenvalue weighted by molar-refractivity contribution is 0.0682. The van der Waals surface area contributed by atoms with Crippen LogP contribution in [0.4, 0.5) is 5.69 Å². The second-order valence-corrected chi connectivity index (χ2v) is 5.63. The fraction of sp³-hybridized carbons (Fsp3) is 0.625. The second-order valence-electron chi connectivity index (χ2n) is 5.63. The van der Waals surface area contributed by atoms with Gasteiger partial charge in [0.05, 0.1) is 6.10 Å². The summed E-state index contributed by atoms with van der Waals surface area (Å²) in [7, 11) is 1.82. The van der Waals surface area contributed by atoms with Crippen molar-refractivity contribution in [3.05, 3.63) is 29.8 Å². The van der Waals surface area contributed by atoms with E-state index >= 15 is 0 Å². The molecule has 1 N–H and O–H groups in total. The van der Waals surface area contributed by atoms with E-state index in [1.165, 1.54) is 36.9 Å². The van der Waals surface area contributed by atoms with E-state index in [2.05, 4.69) is 43.4 Å². The first-order valence-corrected chi connectivity index (χ1v) is 7.08. The molecule has 18 heavy (non-hydrogen) atoms. The summed E-state index contributed by atoms with van der Waals surface area (Å²) in [5.74, 6) is 0.608. The summed E-state index contributed by atoms with van der Waals surface area (Å²) in [6.45, 7) is 4.46. The maximum atomic E-state index is 5.40. The van der Waals surface area contributed by atoms with Gasteiger partial charge in [-0.05, 0) is 49.3 Å². The largest absolute Gasteiger partial charge is 0.382 e. The number of benzene rings is 1. The Bertz CT molecular complexity index is 350. The Morgan fingerprint density at radius 2 is 1.67 bits per heavy atom. The molecule has 0 unspecified atom stereocenters. The lowest BCUT2D eigenvalue weighted by Gasteiger charge is -2.29. The SMILES string of the molecule is COC1CCC(Nc2ccc(C(C)C)cc2)CC1. The first-order valence-electron chi connectivity index (χ1n) is 7.08. The molecule has 2 nitrogen and oxygen atoms in total. The number of methoxy groups -OCH3 is 1. The highest BCUT2D eigenvalue weighted by atomic mass is 16.5. The molecule has 1 aromatic carbocycles. The lowest BCUT2D eigenvalue weighted by Crippen LogP contribution is -2.29. The molecule has 0 radical (unpaired) electrons. The van der Waals surface area contributed by atoms with E-state index in [4.69, 9.17) is 4.74 Å². The summed E-state index contributed by atoms with van der Waals surface area (Å²) in [4.78, 5) is 0. The molecule has 0 aliphatic heterocycles. The Labute approximate surface area is 111 Å². The van der Waals surface area contributed by atoms with E-state index in [0.717, 1.165) is 0 Å². The number of hydrogen-bond donors (Lipinski definition) is 1. The molecule has 0 saturated heterocycles. The molecule has 1 aliphatic rings. The highest BCUT2D eigenvalue weighted by Gasteiger charge is 2.20. The Morgan fingerprint density at radius 1 is 1.06 bits per heavy atom. The van der Waals surface area contributed by atoms with Gasteiger partial charge in [-0.3, -0.25) is 0 Å². The Kier molecular flexibility index (Phi) is 4.65. The van der Waals surface area contributed by atoms with E-state index in [1.54, 1.807) is 0 Å². The van der Waals surface area contributed by atoms with Crippen LogP contribution in [0.15, 0.2) is 24.3 Å². The zero-order chi connectivity index (χ0) is 13.0. The van der Waals surface area contributed by atoms with E-state index in [9.17, 15) is 0 Å². The molecule has 0 heterocycles. The Balaban J connectivity index is 1.86. The van der Waals surface area contributed by atoms with Crippen molar-refractivity contribution in [2.75, 3.05) is 12.4 Å². The van der Waals surface area contributed by atoms with Crippen LogP contribution in [0.25, 0.3) is 0 Å². The fourth-order valence-electron chi connectivity index (χ4n) is 2.64. The van der Waals surface area contributed by atoms with E-state index in [-0.39, 0.29) is 0 Å². The van der Waals surface area contributed by atoms with Crippen molar-refractivity contribution < 1.29 is 4.74 Å². The summed E-state index contributed by atoms with van der Waals surface area (Å²) in [5.41, 5.74) is 2.66. The molecule has 2 heteroatoms. The number of rotatable bonds is 4. The highest BCUT2D eigenvalue weighted by Crippen LogP contribution is 2.24. The van der Waals surface area contributed by atoms with Gasteiger partial charge in [0, 0.05) is 18.8 Å². The highest BCUT2D eigenvalue weighted by molar-refractivity contribution is 5.46. The maximum Gasteiger partial charge on any atom is 0.0572 e. The smallest absolute Gasteiger partial charge is 0.0572 e. The standard InChI is InChI=1S/C16H25NO/c1-12(2)13-4-6-14(7-5-13)17-15-8-10-16(18-3)11-9-15/h4-7,12,15-17H,8-11H2,1-3H3. The topological polar surface area (TPSA) is 21.3 Å². The number of anilines is 1. The summed E-state index contributed by atoms with van der Waals surface area (Å²) >= 11 is 0. The minimum atomic E-state index is 0.478. The van der Waals surface area contributed by atoms with Gasteiger partial charge in [0.15, 0.2) is 0 Å². The number of nitrogens with one attached hydrogen (secondary N) is 1. The molecule has 0 bridgehead atoms. The first-order chi connectivity index (χ1) is 8.69. The minimum Gasteiger partial charge on any atom is -0.382 e. The minimum absolute atomic E-state index is 0.478. The third kappa shape index (κ3) is 3.49. The third-order valence-corrected chi connectivity index (χ3v) is 3.96. The van der Waals surface area contributed by atoms with E-state index in [0.29, 0.717) is 18.1 Å². The predicted octanol–water partition coefficient (Wildman–Crippen LogP) is 4.18. The van der Waals surface area contributed by atoms with Crippen molar-refractivity contribution >= 4 is 5.69 Å². The molecular weight excluding hydrogens is 222 g/mol. The summed E-state index contributed by atoms with van der Waals surface area (Å²) in [6.07, 6.45) is 5.26. The lowest BCUT2D eigenvalue weighted by atomic mass is 9.92. The van der Waals surface area contributed by atoms with Crippen LogP contribution in [-0.4, -0.2) is 19.3 Å². The molecule has 1 aromatic rings. The van der Waals surface area contributed by atoms with E-state index in [1.807, 2.05) is 7.11 Å². The van der Waals surface area contributed by atoms with Gasteiger partial charge in [0.25, 0.3) is 0 Å². The van der Waals surface area contributed by atoms with Crippen LogP contribution >= 0.6 is 0 Å². The van der Waals surface area contributed by atoms with Crippen LogP contribution in [0.1, 0.15) is 51.0 Å². The molecule has 0 aromatic heterocycles. The van der Waals surface area contributed by atoms with Gasteiger partial charge in [0.1, 0.15) is 0 Å². The zero-order valence-corrected chi connectivity index (χ0v) is 11.8. The third-order valence-electron chi connectivity index (χ3n) is 3.96. The van der Waals surface area contributed by atoms with Crippen molar-refractivity contribution in [1.82, 2.24) is 0 Å². The Hall–Kier alpha value is -1.02. The monoisotopic (exact) mass is 247 g/mol. The van der Waals surface area contributed by atoms with Gasteiger partial charge >= 0.3 is 0 Å². The van der Waals surface area contributed by atoms with Crippen LogP contribution in [0.3, 0.4) is 0 Å². The first kappa shape index (κ1) is 13.4. The van der Waals surface area contributed by atoms with Gasteiger partial charge in [-0.25, -0.2) is 0 Å². The van der Waals surface area contributed by atoms with Crippen LogP contribution in [-0.2, 0) is 4.74 Å². The van der Waals surface area contributed by atoms with Crippen LogP contribution in [0, 0.1) is 0 Å². The summed E-state index contributed by atoms with van der Waals surface area (Å²) in [6, 6.07) is 9.48. The van der Waals surface area contributed by atoms with Crippen molar-refractivity contribution in [2.45, 2.75) is 57.6 Å². The van der Waals surface area contributed by atoms with Gasteiger partial charge in [-0.1, -0.05) is 26.0 Å². The van der Waals surface area contributed by atoms with Crippen LogP contribution in [0.5, 0.6) is 0 Å². The van der Waals surface area contributed by atoms with Crippen LogP contribution in [0.2, 0.25) is 0 Å². The van der Waals surface area contributed by atoms with Crippen molar-refractivity contribution in [2.24, 2.45) is 0 Å². The molecule has 2 rings (SSSR count). The molecule has 1 saturated carbocycles. The second kappa shape index (κ2) is 6.24. The molecular formula is C16H25NO. The Morgan fingerprint density at radius 3 is 2.17 bits per heavy atom. The average Bonchev–Trinajstić information content (AvgIpc) is 2.40. The quantitative estimate of drug-likeness (QED) is 0.861. The molecule has 0 atom stereocenters. The zero-order valence-electron chi connectivity index (χ0n) is 11.8. The molecule has 0 spiro atoms. The predicted molar refractivity (Wildman–Crippen MR) is 77.2 cm³/mol. The molecule has 1 aliphatic carbocycles. The number of hydrogen-bond acceptors (Lipinski definition) is 2. The van der Waals surface area contributed by atoms with Crippen molar-refractivity contribution in [1.29, 1.82) is 0 Å². The molecule has 0 amide bonds. The van der Waals surface area contributed by atoms with Crippen molar-refractivity contribution in [3.8, 4) is 0 Å².